The van der Waals surface area contributed by atoms with Crippen molar-refractivity contribution < 1.29 is 17.9 Å². The van der Waals surface area contributed by atoms with Crippen LogP contribution in [0.1, 0.15) is 25.7 Å². The molecule has 1 saturated heterocycles. The molecule has 1 N–H and O–H groups in total. The maximum absolute atomic E-state index is 12.1. The molecule has 0 aliphatic carbocycles. The van der Waals surface area contributed by atoms with E-state index in [0.29, 0.717) is 13.0 Å². The smallest absolute Gasteiger partial charge is 0.378 e. The fourth-order valence-corrected chi connectivity index (χ4v) is 1.73. The third-order valence-corrected chi connectivity index (χ3v) is 2.46. The van der Waals surface area contributed by atoms with Crippen LogP contribution in [0.15, 0.2) is 0 Å². The Morgan fingerprint density at radius 1 is 1.50 bits per heavy atom. The lowest BCUT2D eigenvalue weighted by Gasteiger charge is -2.20. The predicted molar refractivity (Wildman–Crippen MR) is 47.1 cm³/mol. The van der Waals surface area contributed by atoms with Gasteiger partial charge in [-0.05, 0) is 26.3 Å². The molecule has 0 radical (unpaired) electrons. The van der Waals surface area contributed by atoms with Crippen LogP contribution < -0.4 is 5.32 Å². The molecule has 2 nitrogen and oxygen atoms in total. The van der Waals surface area contributed by atoms with E-state index in [-0.39, 0.29) is 6.10 Å². The van der Waals surface area contributed by atoms with E-state index >= 15 is 0 Å². The summed E-state index contributed by atoms with van der Waals surface area (Å²) in [4.78, 5) is 0. The molecule has 1 aliphatic heterocycles. The molecule has 0 spiro atoms. The van der Waals surface area contributed by atoms with Gasteiger partial charge in [0, 0.05) is 12.6 Å². The van der Waals surface area contributed by atoms with E-state index in [9.17, 15) is 13.2 Å². The molecule has 1 fully saturated rings. The van der Waals surface area contributed by atoms with Gasteiger partial charge in [-0.3, -0.25) is 0 Å². The highest BCUT2D eigenvalue weighted by atomic mass is 19.4. The average Bonchev–Trinajstić information content (AvgIpc) is 2.53. The average molecular weight is 211 g/mol. The lowest BCUT2D eigenvalue weighted by molar-refractivity contribution is -0.141. The molecule has 0 bridgehead atoms. The molecule has 14 heavy (non-hydrogen) atoms. The van der Waals surface area contributed by atoms with E-state index in [0.717, 1.165) is 12.8 Å². The maximum Gasteiger partial charge on any atom is 0.390 e. The van der Waals surface area contributed by atoms with Crippen molar-refractivity contribution in [1.82, 2.24) is 5.32 Å². The first-order valence-corrected chi connectivity index (χ1v) is 4.87. The SMILES string of the molecule is CNC(CC1CCCO1)CC(F)(F)F. The highest BCUT2D eigenvalue weighted by molar-refractivity contribution is 4.76. The van der Waals surface area contributed by atoms with Crippen molar-refractivity contribution in [1.29, 1.82) is 0 Å². The summed E-state index contributed by atoms with van der Waals surface area (Å²) in [7, 11) is 1.56. The van der Waals surface area contributed by atoms with Gasteiger partial charge >= 0.3 is 6.18 Å². The fourth-order valence-electron chi connectivity index (χ4n) is 1.73. The molecule has 0 amide bonds. The number of halogens is 3. The Kier molecular flexibility index (Phi) is 4.19. The molecule has 84 valence electrons. The topological polar surface area (TPSA) is 21.3 Å². The monoisotopic (exact) mass is 211 g/mol. The van der Waals surface area contributed by atoms with Gasteiger partial charge in [-0.1, -0.05) is 0 Å². The summed E-state index contributed by atoms with van der Waals surface area (Å²) in [5.41, 5.74) is 0. The third-order valence-electron chi connectivity index (χ3n) is 2.46. The van der Waals surface area contributed by atoms with Crippen molar-refractivity contribution >= 4 is 0 Å². The highest BCUT2D eigenvalue weighted by Gasteiger charge is 2.32. The quantitative estimate of drug-likeness (QED) is 0.768. The minimum Gasteiger partial charge on any atom is -0.378 e. The molecule has 1 aliphatic rings. The zero-order valence-electron chi connectivity index (χ0n) is 8.23. The highest BCUT2D eigenvalue weighted by Crippen LogP contribution is 2.25. The molecule has 0 aromatic carbocycles. The lowest BCUT2D eigenvalue weighted by Crippen LogP contribution is -2.34. The van der Waals surface area contributed by atoms with Crippen LogP contribution in [-0.4, -0.2) is 32.0 Å². The first-order valence-electron chi connectivity index (χ1n) is 4.87. The van der Waals surface area contributed by atoms with Crippen molar-refractivity contribution in [2.75, 3.05) is 13.7 Å². The summed E-state index contributed by atoms with van der Waals surface area (Å²) in [6, 6.07) is -0.516. The minimum absolute atomic E-state index is 0.00907. The van der Waals surface area contributed by atoms with E-state index in [1.807, 2.05) is 0 Å². The van der Waals surface area contributed by atoms with Crippen molar-refractivity contribution in [3.63, 3.8) is 0 Å². The number of hydrogen-bond acceptors (Lipinski definition) is 2. The van der Waals surface area contributed by atoms with Gasteiger partial charge in [0.1, 0.15) is 0 Å². The third kappa shape index (κ3) is 4.28. The second kappa shape index (κ2) is 4.98. The van der Waals surface area contributed by atoms with Crippen molar-refractivity contribution in [2.24, 2.45) is 0 Å². The molecule has 0 aromatic rings. The Morgan fingerprint density at radius 2 is 2.21 bits per heavy atom. The Balaban J connectivity index is 2.30. The van der Waals surface area contributed by atoms with Crippen molar-refractivity contribution in [3.8, 4) is 0 Å². The number of alkyl halides is 3. The number of rotatable bonds is 4. The van der Waals surface area contributed by atoms with E-state index in [1.165, 1.54) is 0 Å². The zero-order chi connectivity index (χ0) is 10.6. The molecule has 5 heteroatoms. The Morgan fingerprint density at radius 3 is 2.64 bits per heavy atom. The second-order valence-electron chi connectivity index (χ2n) is 3.68. The van der Waals surface area contributed by atoms with Crippen molar-refractivity contribution in [3.05, 3.63) is 0 Å². The molecular weight excluding hydrogens is 195 g/mol. The van der Waals surface area contributed by atoms with Gasteiger partial charge in [-0.25, -0.2) is 0 Å². The number of ether oxygens (including phenoxy) is 1. The first-order chi connectivity index (χ1) is 6.51. The molecule has 2 atom stereocenters. The van der Waals surface area contributed by atoms with Gasteiger partial charge in [0.25, 0.3) is 0 Å². The Labute approximate surface area is 81.8 Å². The predicted octanol–water partition coefficient (Wildman–Crippen LogP) is 2.10. The summed E-state index contributed by atoms with van der Waals surface area (Å²) in [5.74, 6) is 0. The summed E-state index contributed by atoms with van der Waals surface area (Å²) in [5, 5.41) is 2.69. The van der Waals surface area contributed by atoms with Crippen LogP contribution in [0.3, 0.4) is 0 Å². The number of hydrogen-bond donors (Lipinski definition) is 1. The molecule has 0 saturated carbocycles. The normalized spacial score (nSPS) is 25.3. The summed E-state index contributed by atoms with van der Waals surface area (Å²) in [6.07, 6.45) is -2.55. The standard InChI is InChI=1S/C9H16F3NO/c1-13-7(6-9(10,11)12)5-8-3-2-4-14-8/h7-8,13H,2-6H2,1H3. The van der Waals surface area contributed by atoms with E-state index in [4.69, 9.17) is 4.74 Å². The van der Waals surface area contributed by atoms with Crippen LogP contribution in [0, 0.1) is 0 Å². The van der Waals surface area contributed by atoms with Gasteiger partial charge < -0.3 is 10.1 Å². The Hall–Kier alpha value is -0.290. The van der Waals surface area contributed by atoms with Gasteiger partial charge in [0.05, 0.1) is 12.5 Å². The summed E-state index contributed by atoms with van der Waals surface area (Å²) >= 11 is 0. The van der Waals surface area contributed by atoms with Crippen LogP contribution in [-0.2, 0) is 4.74 Å². The van der Waals surface area contributed by atoms with Gasteiger partial charge in [-0.15, -0.1) is 0 Å². The van der Waals surface area contributed by atoms with E-state index in [2.05, 4.69) is 5.32 Å². The van der Waals surface area contributed by atoms with Crippen molar-refractivity contribution in [2.45, 2.75) is 44.0 Å². The summed E-state index contributed by atoms with van der Waals surface area (Å²) in [6.45, 7) is 0.688. The van der Waals surface area contributed by atoms with E-state index in [1.54, 1.807) is 7.05 Å². The van der Waals surface area contributed by atoms with Gasteiger partial charge in [-0.2, -0.15) is 13.2 Å². The van der Waals surface area contributed by atoms with E-state index < -0.39 is 18.6 Å². The molecule has 1 heterocycles. The Bertz CT molecular complexity index is 166. The lowest BCUT2D eigenvalue weighted by atomic mass is 10.0. The molecule has 1 rings (SSSR count). The van der Waals surface area contributed by atoms with Crippen LogP contribution >= 0.6 is 0 Å². The van der Waals surface area contributed by atoms with Gasteiger partial charge in [0.15, 0.2) is 0 Å². The largest absolute Gasteiger partial charge is 0.390 e. The zero-order valence-corrected chi connectivity index (χ0v) is 8.23. The van der Waals surface area contributed by atoms with Gasteiger partial charge in [0.2, 0.25) is 0 Å². The second-order valence-corrected chi connectivity index (χ2v) is 3.68. The van der Waals surface area contributed by atoms with Crippen LogP contribution in [0.5, 0.6) is 0 Å². The fraction of sp³-hybridized carbons (Fsp3) is 1.00. The maximum atomic E-state index is 12.1. The minimum atomic E-state index is -4.09. The first kappa shape index (κ1) is 11.8. The van der Waals surface area contributed by atoms with Crippen LogP contribution in [0.25, 0.3) is 0 Å². The molecular formula is C9H16F3NO. The van der Waals surface area contributed by atoms with Crippen LogP contribution in [0.4, 0.5) is 13.2 Å². The molecule has 2 unspecified atom stereocenters. The van der Waals surface area contributed by atoms with Crippen LogP contribution in [0.2, 0.25) is 0 Å². The summed E-state index contributed by atoms with van der Waals surface area (Å²) < 4.78 is 41.5. The number of nitrogens with one attached hydrogen (secondary N) is 1. The molecule has 0 aromatic heterocycles.